The van der Waals surface area contributed by atoms with Crippen molar-refractivity contribution in [2.45, 2.75) is 19.9 Å². The highest BCUT2D eigenvalue weighted by molar-refractivity contribution is 6.11. The number of carbonyl (C=O) groups is 1. The van der Waals surface area contributed by atoms with Gasteiger partial charge in [-0.15, -0.1) is 0 Å². The molecule has 1 aliphatic rings. The Labute approximate surface area is 112 Å². The molecule has 2 aromatic rings. The third-order valence-electron chi connectivity index (χ3n) is 3.61. The van der Waals surface area contributed by atoms with Crippen LogP contribution in [0.3, 0.4) is 0 Å². The molecule has 96 valence electrons. The molecule has 2 N–H and O–H groups in total. The summed E-state index contributed by atoms with van der Waals surface area (Å²) in [6.45, 7) is 2.69. The van der Waals surface area contributed by atoms with E-state index in [4.69, 9.17) is 5.73 Å². The highest BCUT2D eigenvalue weighted by Crippen LogP contribution is 2.32. The number of amides is 1. The Hall–Kier alpha value is -2.29. The van der Waals surface area contributed by atoms with Gasteiger partial charge in [0.25, 0.3) is 5.91 Å². The summed E-state index contributed by atoms with van der Waals surface area (Å²) < 4.78 is 0. The Bertz CT molecular complexity index is 649. The van der Waals surface area contributed by atoms with Crippen LogP contribution in [-0.4, -0.2) is 5.91 Å². The maximum absolute atomic E-state index is 12.4. The number of fused-ring (bicyclic) bond motifs is 1. The van der Waals surface area contributed by atoms with E-state index in [2.05, 4.69) is 6.92 Å². The first-order valence-corrected chi connectivity index (χ1v) is 6.49. The number of carbonyl (C=O) groups excluding carboxylic acids is 1. The first-order valence-electron chi connectivity index (χ1n) is 6.49. The van der Waals surface area contributed by atoms with Crippen LogP contribution in [0, 0.1) is 0 Å². The quantitative estimate of drug-likeness (QED) is 0.835. The Balaban J connectivity index is 2.00. The Morgan fingerprint density at radius 3 is 2.68 bits per heavy atom. The van der Waals surface area contributed by atoms with Crippen LogP contribution >= 0.6 is 0 Å². The number of hydrogen-bond acceptors (Lipinski definition) is 2. The van der Waals surface area contributed by atoms with Gasteiger partial charge in [-0.25, -0.2) is 0 Å². The van der Waals surface area contributed by atoms with Crippen molar-refractivity contribution >= 4 is 17.3 Å². The number of hydrogen-bond donors (Lipinski definition) is 1. The second-order valence-electron chi connectivity index (χ2n) is 4.80. The van der Waals surface area contributed by atoms with Gasteiger partial charge < -0.3 is 10.6 Å². The lowest BCUT2D eigenvalue weighted by molar-refractivity contribution is 0.0996. The molecule has 3 nitrogen and oxygen atoms in total. The number of nitrogen functional groups attached to an aromatic ring is 1. The van der Waals surface area contributed by atoms with E-state index >= 15 is 0 Å². The highest BCUT2D eigenvalue weighted by Gasteiger charge is 2.28. The van der Waals surface area contributed by atoms with Crippen molar-refractivity contribution in [3.05, 3.63) is 59.2 Å². The molecule has 0 spiro atoms. The van der Waals surface area contributed by atoms with Gasteiger partial charge in [0, 0.05) is 5.56 Å². The van der Waals surface area contributed by atoms with E-state index in [0.717, 1.165) is 23.2 Å². The minimum absolute atomic E-state index is 0.0338. The second kappa shape index (κ2) is 4.43. The first kappa shape index (κ1) is 11.8. The number of nitrogens with zero attached hydrogens (tertiary/aromatic N) is 1. The third kappa shape index (κ3) is 1.87. The molecule has 19 heavy (non-hydrogen) atoms. The predicted octanol–water partition coefficient (Wildman–Crippen LogP) is 2.99. The average molecular weight is 252 g/mol. The van der Waals surface area contributed by atoms with Gasteiger partial charge in [-0.3, -0.25) is 4.79 Å². The molecule has 0 unspecified atom stereocenters. The Kier molecular flexibility index (Phi) is 2.75. The van der Waals surface area contributed by atoms with E-state index in [0.29, 0.717) is 12.2 Å². The van der Waals surface area contributed by atoms with Gasteiger partial charge in [-0.2, -0.15) is 0 Å². The zero-order valence-electron chi connectivity index (χ0n) is 10.9. The standard InChI is InChI=1S/C16H16N2O/c1-2-11-7-8-15(14(17)9-11)18-10-12-5-3-4-6-13(12)16(18)19/h3-9H,2,10,17H2,1H3. The van der Waals surface area contributed by atoms with Crippen molar-refractivity contribution in [3.8, 4) is 0 Å². The molecule has 1 amide bonds. The second-order valence-corrected chi connectivity index (χ2v) is 4.80. The van der Waals surface area contributed by atoms with Crippen LogP contribution in [0.15, 0.2) is 42.5 Å². The van der Waals surface area contributed by atoms with Crippen LogP contribution < -0.4 is 10.6 Å². The molecule has 2 aromatic carbocycles. The van der Waals surface area contributed by atoms with Gasteiger partial charge in [0.05, 0.1) is 17.9 Å². The van der Waals surface area contributed by atoms with Gasteiger partial charge in [0.2, 0.25) is 0 Å². The van der Waals surface area contributed by atoms with Crippen molar-refractivity contribution in [2.24, 2.45) is 0 Å². The summed E-state index contributed by atoms with van der Waals surface area (Å²) in [4.78, 5) is 14.1. The third-order valence-corrected chi connectivity index (χ3v) is 3.61. The van der Waals surface area contributed by atoms with Crippen molar-refractivity contribution in [1.29, 1.82) is 0 Å². The van der Waals surface area contributed by atoms with E-state index in [1.807, 2.05) is 42.5 Å². The molecule has 0 bridgehead atoms. The molecule has 0 fully saturated rings. The summed E-state index contributed by atoms with van der Waals surface area (Å²) in [7, 11) is 0. The Morgan fingerprint density at radius 1 is 1.21 bits per heavy atom. The fraction of sp³-hybridized carbons (Fsp3) is 0.188. The SMILES string of the molecule is CCc1ccc(N2Cc3ccccc3C2=O)c(N)c1. The van der Waals surface area contributed by atoms with E-state index < -0.39 is 0 Å². The molecule has 0 saturated carbocycles. The van der Waals surface area contributed by atoms with Crippen LogP contribution in [0.1, 0.15) is 28.4 Å². The molecule has 3 heteroatoms. The zero-order valence-corrected chi connectivity index (χ0v) is 10.9. The van der Waals surface area contributed by atoms with E-state index in [-0.39, 0.29) is 5.91 Å². The monoisotopic (exact) mass is 252 g/mol. The topological polar surface area (TPSA) is 46.3 Å². The summed E-state index contributed by atoms with van der Waals surface area (Å²) in [6.07, 6.45) is 0.943. The van der Waals surface area contributed by atoms with Gasteiger partial charge >= 0.3 is 0 Å². The molecule has 0 atom stereocenters. The molecule has 3 rings (SSSR count). The molecule has 0 radical (unpaired) electrons. The highest BCUT2D eigenvalue weighted by atomic mass is 16.2. The molecule has 0 aliphatic carbocycles. The van der Waals surface area contributed by atoms with Gasteiger partial charge in [0.15, 0.2) is 0 Å². The minimum atomic E-state index is 0.0338. The molecular formula is C16H16N2O. The maximum atomic E-state index is 12.4. The fourth-order valence-electron chi connectivity index (χ4n) is 2.52. The van der Waals surface area contributed by atoms with E-state index in [9.17, 15) is 4.79 Å². The Morgan fingerprint density at radius 2 is 2.00 bits per heavy atom. The van der Waals surface area contributed by atoms with Crippen LogP contribution in [0.5, 0.6) is 0 Å². The summed E-state index contributed by atoms with van der Waals surface area (Å²) in [5.74, 6) is 0.0338. The minimum Gasteiger partial charge on any atom is -0.397 e. The summed E-state index contributed by atoms with van der Waals surface area (Å²) in [5.41, 5.74) is 10.6. The van der Waals surface area contributed by atoms with Gasteiger partial charge in [-0.1, -0.05) is 31.2 Å². The number of anilines is 2. The average Bonchev–Trinajstić information content (AvgIpc) is 2.76. The van der Waals surface area contributed by atoms with Crippen molar-refractivity contribution in [3.63, 3.8) is 0 Å². The largest absolute Gasteiger partial charge is 0.397 e. The van der Waals surface area contributed by atoms with E-state index in [1.165, 1.54) is 5.56 Å². The molecular weight excluding hydrogens is 236 g/mol. The van der Waals surface area contributed by atoms with Crippen LogP contribution in [0.4, 0.5) is 11.4 Å². The zero-order chi connectivity index (χ0) is 13.4. The molecule has 0 saturated heterocycles. The van der Waals surface area contributed by atoms with Crippen molar-refractivity contribution in [2.75, 3.05) is 10.6 Å². The summed E-state index contributed by atoms with van der Waals surface area (Å²) in [6, 6.07) is 13.6. The van der Waals surface area contributed by atoms with Crippen LogP contribution in [-0.2, 0) is 13.0 Å². The number of benzene rings is 2. The van der Waals surface area contributed by atoms with Crippen molar-refractivity contribution in [1.82, 2.24) is 0 Å². The molecule has 0 aromatic heterocycles. The normalized spacial score (nSPS) is 13.7. The lowest BCUT2D eigenvalue weighted by atomic mass is 10.1. The number of rotatable bonds is 2. The van der Waals surface area contributed by atoms with Gasteiger partial charge in [-0.05, 0) is 35.7 Å². The number of aryl methyl sites for hydroxylation is 1. The molecule has 1 aliphatic heterocycles. The fourth-order valence-corrected chi connectivity index (χ4v) is 2.52. The van der Waals surface area contributed by atoms with Crippen molar-refractivity contribution < 1.29 is 4.79 Å². The van der Waals surface area contributed by atoms with E-state index in [1.54, 1.807) is 4.90 Å². The maximum Gasteiger partial charge on any atom is 0.258 e. The lowest BCUT2D eigenvalue weighted by Gasteiger charge is -2.18. The van der Waals surface area contributed by atoms with Gasteiger partial charge in [0.1, 0.15) is 0 Å². The van der Waals surface area contributed by atoms with Crippen LogP contribution in [0.25, 0.3) is 0 Å². The lowest BCUT2D eigenvalue weighted by Crippen LogP contribution is -2.24. The van der Waals surface area contributed by atoms with Crippen LogP contribution in [0.2, 0.25) is 0 Å². The molecule has 1 heterocycles. The smallest absolute Gasteiger partial charge is 0.258 e. The predicted molar refractivity (Wildman–Crippen MR) is 77.2 cm³/mol. The number of nitrogens with two attached hydrogens (primary N) is 1. The first-order chi connectivity index (χ1) is 9.20. The summed E-state index contributed by atoms with van der Waals surface area (Å²) in [5, 5.41) is 0. The summed E-state index contributed by atoms with van der Waals surface area (Å²) >= 11 is 0.